The number of carbonyl (C=O) groups is 1. The molecule has 0 bridgehead atoms. The van der Waals surface area contributed by atoms with E-state index in [0.29, 0.717) is 30.1 Å². The van der Waals surface area contributed by atoms with E-state index in [9.17, 15) is 9.18 Å². The summed E-state index contributed by atoms with van der Waals surface area (Å²) in [6, 6.07) is 14.2. The lowest BCUT2D eigenvalue weighted by Crippen LogP contribution is -2.10. The second-order valence-corrected chi connectivity index (χ2v) is 9.47. The van der Waals surface area contributed by atoms with Crippen LogP contribution in [0.1, 0.15) is 41.9 Å². The molecule has 0 unspecified atom stereocenters. The molecule has 1 aromatic heterocycles. The molecule has 0 amide bonds. The van der Waals surface area contributed by atoms with E-state index in [1.54, 1.807) is 6.07 Å². The van der Waals surface area contributed by atoms with Gasteiger partial charge in [0.15, 0.2) is 0 Å². The fourth-order valence-electron chi connectivity index (χ4n) is 3.74. The first kappa shape index (κ1) is 22.5. The molecule has 4 nitrogen and oxygen atoms in total. The van der Waals surface area contributed by atoms with Crippen molar-refractivity contribution in [3.63, 3.8) is 0 Å². The summed E-state index contributed by atoms with van der Waals surface area (Å²) in [4.78, 5) is 12.6. The maximum absolute atomic E-state index is 14.4. The number of carbonyl (C=O) groups excluding carboxylic acids is 1. The third kappa shape index (κ3) is 5.03. The van der Waals surface area contributed by atoms with E-state index in [-0.39, 0.29) is 17.7 Å². The van der Waals surface area contributed by atoms with Crippen molar-refractivity contribution >= 4 is 33.2 Å². The number of ether oxygens (including phenoxy) is 2. The van der Waals surface area contributed by atoms with Crippen molar-refractivity contribution in [3.8, 4) is 22.3 Å². The lowest BCUT2D eigenvalue weighted by atomic mass is 9.91. The Morgan fingerprint density at radius 1 is 1.31 bits per heavy atom. The Morgan fingerprint density at radius 3 is 2.84 bits per heavy atom. The van der Waals surface area contributed by atoms with Crippen LogP contribution in [0.15, 0.2) is 52.3 Å². The molecular formula is C25H21BrFNO3S. The van der Waals surface area contributed by atoms with Gasteiger partial charge in [0, 0.05) is 15.6 Å². The number of halogens is 2. The molecular weight excluding hydrogens is 493 g/mol. The van der Waals surface area contributed by atoms with Crippen molar-refractivity contribution in [2.45, 2.75) is 31.8 Å². The first-order chi connectivity index (χ1) is 15.5. The number of thiophene rings is 1. The van der Waals surface area contributed by atoms with E-state index in [4.69, 9.17) is 14.7 Å². The lowest BCUT2D eigenvalue weighted by molar-refractivity contribution is -0.141. The second-order valence-electron chi connectivity index (χ2n) is 7.80. The zero-order valence-electron chi connectivity index (χ0n) is 17.4. The highest BCUT2D eigenvalue weighted by Crippen LogP contribution is 2.45. The van der Waals surface area contributed by atoms with E-state index in [1.807, 2.05) is 35.7 Å². The van der Waals surface area contributed by atoms with Gasteiger partial charge in [0.05, 0.1) is 30.0 Å². The minimum Gasteiger partial charge on any atom is -0.489 e. The standard InChI is InChI=1S/C25H21BrFNO3S/c1-30-23(29)11-20(16-6-7-16)17-3-2-4-19(10-17)31-13-18-14-32-25(24(18)26)21-9-15(12-28)5-8-22(21)27/h2-5,8-10,14,16,20H,6-7,11,13H2,1H3/t20-/m0/s1. The maximum Gasteiger partial charge on any atom is 0.306 e. The first-order valence-electron chi connectivity index (χ1n) is 10.3. The summed E-state index contributed by atoms with van der Waals surface area (Å²) in [7, 11) is 1.42. The van der Waals surface area contributed by atoms with Gasteiger partial charge < -0.3 is 9.47 Å². The van der Waals surface area contributed by atoms with Gasteiger partial charge in [-0.2, -0.15) is 5.26 Å². The van der Waals surface area contributed by atoms with Crippen LogP contribution in [-0.4, -0.2) is 13.1 Å². The van der Waals surface area contributed by atoms with Crippen molar-refractivity contribution in [2.75, 3.05) is 7.11 Å². The smallest absolute Gasteiger partial charge is 0.306 e. The van der Waals surface area contributed by atoms with Crippen LogP contribution >= 0.6 is 27.3 Å². The monoisotopic (exact) mass is 513 g/mol. The summed E-state index contributed by atoms with van der Waals surface area (Å²) < 4.78 is 26.0. The van der Waals surface area contributed by atoms with Gasteiger partial charge in [0.1, 0.15) is 18.2 Å². The van der Waals surface area contributed by atoms with Crippen molar-refractivity contribution in [3.05, 3.63) is 74.8 Å². The Kier molecular flexibility index (Phi) is 6.92. The number of hydrogen-bond acceptors (Lipinski definition) is 5. The summed E-state index contributed by atoms with van der Waals surface area (Å²) in [6.45, 7) is 0.311. The highest BCUT2D eigenvalue weighted by atomic mass is 79.9. The molecule has 0 radical (unpaired) electrons. The normalized spacial score (nSPS) is 13.9. The molecule has 4 rings (SSSR count). The third-order valence-corrected chi connectivity index (χ3v) is 7.86. The summed E-state index contributed by atoms with van der Waals surface area (Å²) in [5, 5.41) is 11.0. The zero-order chi connectivity index (χ0) is 22.7. The summed E-state index contributed by atoms with van der Waals surface area (Å²) in [6.07, 6.45) is 2.62. The molecule has 0 N–H and O–H groups in total. The van der Waals surface area contributed by atoms with Crippen LogP contribution in [0.2, 0.25) is 0 Å². The van der Waals surface area contributed by atoms with Crippen molar-refractivity contribution in [2.24, 2.45) is 5.92 Å². The van der Waals surface area contributed by atoms with Crippen LogP contribution in [0.5, 0.6) is 5.75 Å². The average molecular weight is 514 g/mol. The number of nitriles is 1. The summed E-state index contributed by atoms with van der Waals surface area (Å²) >= 11 is 4.97. The van der Waals surface area contributed by atoms with E-state index >= 15 is 0 Å². The summed E-state index contributed by atoms with van der Waals surface area (Å²) in [5.74, 6) is 0.798. The van der Waals surface area contributed by atoms with Gasteiger partial charge in [-0.05, 0) is 81.9 Å². The fourth-order valence-corrected chi connectivity index (χ4v) is 5.58. The number of esters is 1. The quantitative estimate of drug-likeness (QED) is 0.310. The van der Waals surface area contributed by atoms with Gasteiger partial charge in [-0.15, -0.1) is 11.3 Å². The molecule has 32 heavy (non-hydrogen) atoms. The number of hydrogen-bond donors (Lipinski definition) is 0. The van der Waals surface area contributed by atoms with Crippen molar-refractivity contribution < 1.29 is 18.7 Å². The molecule has 1 atom stereocenters. The highest BCUT2D eigenvalue weighted by Gasteiger charge is 2.34. The van der Waals surface area contributed by atoms with Crippen molar-refractivity contribution in [1.82, 2.24) is 0 Å². The largest absolute Gasteiger partial charge is 0.489 e. The Labute approximate surface area is 198 Å². The van der Waals surface area contributed by atoms with Crippen LogP contribution in [0, 0.1) is 23.1 Å². The highest BCUT2D eigenvalue weighted by molar-refractivity contribution is 9.10. The molecule has 1 aliphatic rings. The fraction of sp³-hybridized carbons (Fsp3) is 0.280. The molecule has 0 spiro atoms. The molecule has 0 aliphatic heterocycles. The van der Waals surface area contributed by atoms with Gasteiger partial charge >= 0.3 is 5.97 Å². The minimum atomic E-state index is -0.372. The van der Waals surface area contributed by atoms with Crippen LogP contribution in [0.3, 0.4) is 0 Å². The zero-order valence-corrected chi connectivity index (χ0v) is 19.8. The van der Waals surface area contributed by atoms with Gasteiger partial charge in [-0.25, -0.2) is 4.39 Å². The predicted octanol–water partition coefficient (Wildman–Crippen LogP) is 6.82. The predicted molar refractivity (Wildman–Crippen MR) is 125 cm³/mol. The Bertz CT molecular complexity index is 1180. The van der Waals surface area contributed by atoms with Crippen LogP contribution in [-0.2, 0) is 16.1 Å². The Morgan fingerprint density at radius 2 is 2.12 bits per heavy atom. The number of nitrogens with zero attached hydrogens (tertiary/aromatic N) is 1. The Balaban J connectivity index is 1.50. The molecule has 3 aromatic rings. The molecule has 7 heteroatoms. The second kappa shape index (κ2) is 9.85. The number of methoxy groups -OCH3 is 1. The SMILES string of the molecule is COC(=O)C[C@H](c1cccc(OCc2csc(-c3cc(C#N)ccc3F)c2Br)c1)C1CC1. The first-order valence-corrected chi connectivity index (χ1v) is 11.9. The maximum atomic E-state index is 14.4. The van der Waals surface area contributed by atoms with E-state index in [0.717, 1.165) is 39.1 Å². The van der Waals surface area contributed by atoms with Crippen LogP contribution in [0.4, 0.5) is 4.39 Å². The van der Waals surface area contributed by atoms with Gasteiger partial charge in [-0.1, -0.05) is 12.1 Å². The van der Waals surface area contributed by atoms with Gasteiger partial charge in [-0.3, -0.25) is 4.79 Å². The van der Waals surface area contributed by atoms with Crippen LogP contribution in [0.25, 0.3) is 10.4 Å². The van der Waals surface area contributed by atoms with Gasteiger partial charge in [0.2, 0.25) is 0 Å². The number of benzene rings is 2. The molecule has 164 valence electrons. The van der Waals surface area contributed by atoms with E-state index in [2.05, 4.69) is 15.9 Å². The van der Waals surface area contributed by atoms with E-state index in [1.165, 1.54) is 30.6 Å². The van der Waals surface area contributed by atoms with E-state index < -0.39 is 0 Å². The lowest BCUT2D eigenvalue weighted by Gasteiger charge is -2.16. The molecule has 0 saturated heterocycles. The number of rotatable bonds is 8. The van der Waals surface area contributed by atoms with Crippen LogP contribution < -0.4 is 4.74 Å². The van der Waals surface area contributed by atoms with Crippen molar-refractivity contribution in [1.29, 1.82) is 5.26 Å². The summed E-state index contributed by atoms with van der Waals surface area (Å²) in [5.41, 5.74) is 2.78. The Hall–Kier alpha value is -2.69. The molecule has 2 aromatic carbocycles. The van der Waals surface area contributed by atoms with Gasteiger partial charge in [0.25, 0.3) is 0 Å². The molecule has 1 fully saturated rings. The molecule has 1 saturated carbocycles. The molecule has 1 aliphatic carbocycles. The minimum absolute atomic E-state index is 0.140. The molecule has 1 heterocycles. The average Bonchev–Trinajstić information content (AvgIpc) is 3.59. The topological polar surface area (TPSA) is 59.3 Å². The third-order valence-electron chi connectivity index (χ3n) is 5.63.